The molecule has 142 valence electrons. The van der Waals surface area contributed by atoms with Crippen molar-refractivity contribution in [2.45, 2.75) is 65.2 Å². The molecule has 2 aromatic heterocycles. The molecule has 0 spiro atoms. The van der Waals surface area contributed by atoms with Crippen LogP contribution in [0.2, 0.25) is 0 Å². The Labute approximate surface area is 172 Å². The molecule has 2 aliphatic carbocycles. The molecule has 2 heterocycles. The van der Waals surface area contributed by atoms with Crippen LogP contribution in [0.25, 0.3) is 21.3 Å². The molecule has 2 aliphatic rings. The van der Waals surface area contributed by atoms with Gasteiger partial charge in [0.15, 0.2) is 0 Å². The second kappa shape index (κ2) is 7.22. The predicted octanol–water partition coefficient (Wildman–Crippen LogP) is 3.84. The van der Waals surface area contributed by atoms with E-state index >= 15 is 0 Å². The lowest BCUT2D eigenvalue weighted by Gasteiger charge is -2.25. The van der Waals surface area contributed by atoms with Gasteiger partial charge in [-0.15, -0.1) is 11.3 Å². The zero-order valence-corrected chi connectivity index (χ0v) is 18.0. The summed E-state index contributed by atoms with van der Waals surface area (Å²) >= 11 is 1.98. The number of benzene rings is 1. The van der Waals surface area contributed by atoms with E-state index < -0.39 is 0 Å². The molecule has 0 radical (unpaired) electrons. The SMILES string of the molecule is Cc1cccc(-c2c3c(nc4sc5c(c24)CCC(C)C5)C(C)CCC3)c1.[Cl-]. The molecule has 1 aromatic carbocycles. The van der Waals surface area contributed by atoms with Crippen LogP contribution in [0.1, 0.15) is 66.3 Å². The standard InChI is InChI=1S/C24H27NS.ClH/c1-14-6-4-8-17(12-14)21-19-9-5-7-16(3)23(19)25-24-22(21)18-11-10-15(2)13-20(18)26-24;/h4,6,8,12,15-16H,5,7,9-11,13H2,1-3H3;1H/p-1. The van der Waals surface area contributed by atoms with Crippen LogP contribution < -0.4 is 12.4 Å². The van der Waals surface area contributed by atoms with E-state index in [2.05, 4.69) is 45.0 Å². The molecule has 2 atom stereocenters. The molecular formula is C24H27ClNS-. The van der Waals surface area contributed by atoms with Crippen LogP contribution in [-0.4, -0.2) is 4.98 Å². The summed E-state index contributed by atoms with van der Waals surface area (Å²) in [7, 11) is 0. The number of aryl methyl sites for hydroxylation is 2. The minimum Gasteiger partial charge on any atom is -1.00 e. The largest absolute Gasteiger partial charge is 1.00 e. The molecule has 3 aromatic rings. The highest BCUT2D eigenvalue weighted by Crippen LogP contribution is 2.46. The van der Waals surface area contributed by atoms with E-state index in [0.29, 0.717) is 5.92 Å². The zero-order valence-electron chi connectivity index (χ0n) is 16.4. The summed E-state index contributed by atoms with van der Waals surface area (Å²) < 4.78 is 0. The molecule has 0 aliphatic heterocycles. The first kappa shape index (κ1) is 19.0. The Kier molecular flexibility index (Phi) is 5.07. The Bertz CT molecular complexity index is 1000. The second-order valence-corrected chi connectivity index (χ2v) is 9.63. The van der Waals surface area contributed by atoms with Crippen molar-refractivity contribution in [3.8, 4) is 11.1 Å². The van der Waals surface area contributed by atoms with Gasteiger partial charge >= 0.3 is 0 Å². The Morgan fingerprint density at radius 3 is 2.74 bits per heavy atom. The maximum absolute atomic E-state index is 5.25. The van der Waals surface area contributed by atoms with Crippen LogP contribution in [0.5, 0.6) is 0 Å². The van der Waals surface area contributed by atoms with Crippen molar-refractivity contribution in [2.75, 3.05) is 0 Å². The van der Waals surface area contributed by atoms with Crippen molar-refractivity contribution in [3.63, 3.8) is 0 Å². The van der Waals surface area contributed by atoms with Gasteiger partial charge in [0.05, 0.1) is 0 Å². The molecule has 5 rings (SSSR count). The molecule has 1 nitrogen and oxygen atoms in total. The molecule has 0 saturated heterocycles. The number of rotatable bonds is 1. The van der Waals surface area contributed by atoms with Crippen molar-refractivity contribution in [1.82, 2.24) is 4.98 Å². The number of fused-ring (bicyclic) bond motifs is 4. The van der Waals surface area contributed by atoms with Crippen LogP contribution >= 0.6 is 11.3 Å². The maximum Gasteiger partial charge on any atom is 0.124 e. The summed E-state index contributed by atoms with van der Waals surface area (Å²) in [5.41, 5.74) is 8.82. The molecular weight excluding hydrogens is 370 g/mol. The molecule has 2 unspecified atom stereocenters. The fourth-order valence-electron chi connectivity index (χ4n) is 5.03. The lowest BCUT2D eigenvalue weighted by molar-refractivity contribution is -0.00000538. The average Bonchev–Trinajstić information content (AvgIpc) is 2.97. The molecule has 0 saturated carbocycles. The Balaban J connectivity index is 0.00000180. The van der Waals surface area contributed by atoms with Gasteiger partial charge in [0.25, 0.3) is 0 Å². The number of halogens is 1. The van der Waals surface area contributed by atoms with Gasteiger partial charge in [0.1, 0.15) is 4.83 Å². The van der Waals surface area contributed by atoms with Crippen LogP contribution in [0.4, 0.5) is 0 Å². The summed E-state index contributed by atoms with van der Waals surface area (Å²) in [6.07, 6.45) is 7.55. The molecule has 0 bridgehead atoms. The van der Waals surface area contributed by atoms with E-state index in [4.69, 9.17) is 4.98 Å². The Hall–Kier alpha value is -1.38. The first-order valence-electron chi connectivity index (χ1n) is 10.2. The molecule has 3 heteroatoms. The molecule has 0 fully saturated rings. The minimum atomic E-state index is 0. The van der Waals surface area contributed by atoms with Crippen molar-refractivity contribution in [3.05, 3.63) is 51.5 Å². The van der Waals surface area contributed by atoms with Crippen molar-refractivity contribution in [2.24, 2.45) is 5.92 Å². The topological polar surface area (TPSA) is 12.9 Å². The third kappa shape index (κ3) is 3.11. The zero-order chi connectivity index (χ0) is 17.8. The highest BCUT2D eigenvalue weighted by Gasteiger charge is 2.29. The van der Waals surface area contributed by atoms with E-state index in [1.807, 2.05) is 11.3 Å². The van der Waals surface area contributed by atoms with E-state index in [-0.39, 0.29) is 12.4 Å². The van der Waals surface area contributed by atoms with E-state index in [0.717, 1.165) is 5.92 Å². The van der Waals surface area contributed by atoms with Crippen LogP contribution in [0.3, 0.4) is 0 Å². The third-order valence-electron chi connectivity index (χ3n) is 6.41. The highest BCUT2D eigenvalue weighted by molar-refractivity contribution is 7.19. The maximum atomic E-state index is 5.25. The Morgan fingerprint density at radius 1 is 1.07 bits per heavy atom. The summed E-state index contributed by atoms with van der Waals surface area (Å²) in [5, 5.41) is 1.50. The van der Waals surface area contributed by atoms with E-state index in [1.54, 1.807) is 16.0 Å². The quantitative estimate of drug-likeness (QED) is 0.609. The van der Waals surface area contributed by atoms with E-state index in [1.165, 1.54) is 71.1 Å². The van der Waals surface area contributed by atoms with Crippen LogP contribution in [0.15, 0.2) is 24.3 Å². The normalized spacial score (nSPS) is 21.4. The fourth-order valence-corrected chi connectivity index (χ4v) is 6.43. The van der Waals surface area contributed by atoms with Crippen molar-refractivity contribution >= 4 is 21.6 Å². The van der Waals surface area contributed by atoms with Gasteiger partial charge in [0, 0.05) is 16.0 Å². The number of thiophene rings is 1. The first-order chi connectivity index (χ1) is 12.6. The third-order valence-corrected chi connectivity index (χ3v) is 7.56. The van der Waals surface area contributed by atoms with Gasteiger partial charge in [-0.05, 0) is 79.5 Å². The molecule has 0 N–H and O–H groups in total. The lowest BCUT2D eigenvalue weighted by Crippen LogP contribution is -3.00. The van der Waals surface area contributed by atoms with Gasteiger partial charge in [-0.2, -0.15) is 0 Å². The number of aromatic nitrogens is 1. The van der Waals surface area contributed by atoms with Gasteiger partial charge < -0.3 is 12.4 Å². The Morgan fingerprint density at radius 2 is 1.93 bits per heavy atom. The van der Waals surface area contributed by atoms with E-state index in [9.17, 15) is 0 Å². The van der Waals surface area contributed by atoms with Gasteiger partial charge in [0.2, 0.25) is 0 Å². The minimum absolute atomic E-state index is 0. The number of hydrogen-bond acceptors (Lipinski definition) is 2. The van der Waals surface area contributed by atoms with Crippen LogP contribution in [-0.2, 0) is 19.3 Å². The number of nitrogens with zero attached hydrogens (tertiary/aromatic N) is 1. The summed E-state index contributed by atoms with van der Waals surface area (Å²) in [4.78, 5) is 8.16. The van der Waals surface area contributed by atoms with Gasteiger partial charge in [-0.3, -0.25) is 0 Å². The number of hydrogen-bond donors (Lipinski definition) is 0. The fraction of sp³-hybridized carbons (Fsp3) is 0.458. The lowest BCUT2D eigenvalue weighted by atomic mass is 9.80. The summed E-state index contributed by atoms with van der Waals surface area (Å²) in [6.45, 7) is 6.98. The van der Waals surface area contributed by atoms with Gasteiger partial charge in [-0.1, -0.05) is 43.7 Å². The smallest absolute Gasteiger partial charge is 0.124 e. The molecule has 27 heavy (non-hydrogen) atoms. The predicted molar refractivity (Wildman–Crippen MR) is 112 cm³/mol. The number of pyridine rings is 1. The average molecular weight is 397 g/mol. The highest BCUT2D eigenvalue weighted by atomic mass is 35.5. The van der Waals surface area contributed by atoms with Crippen molar-refractivity contribution < 1.29 is 12.4 Å². The first-order valence-corrected chi connectivity index (χ1v) is 11.0. The summed E-state index contributed by atoms with van der Waals surface area (Å²) in [6, 6.07) is 9.12. The molecule has 0 amide bonds. The summed E-state index contributed by atoms with van der Waals surface area (Å²) in [5.74, 6) is 1.40. The second-order valence-electron chi connectivity index (χ2n) is 8.55. The van der Waals surface area contributed by atoms with Gasteiger partial charge in [-0.25, -0.2) is 4.98 Å². The van der Waals surface area contributed by atoms with Crippen molar-refractivity contribution in [1.29, 1.82) is 0 Å². The monoisotopic (exact) mass is 396 g/mol. The van der Waals surface area contributed by atoms with Crippen LogP contribution in [0, 0.1) is 12.8 Å².